The lowest BCUT2D eigenvalue weighted by Gasteiger charge is -2.37. The Morgan fingerprint density at radius 3 is 2.42 bits per heavy atom. The first-order valence-electron chi connectivity index (χ1n) is 11.3. The Hall–Kier alpha value is -3.64. The van der Waals surface area contributed by atoms with E-state index in [2.05, 4.69) is 42.2 Å². The van der Waals surface area contributed by atoms with Crippen LogP contribution in [0.4, 0.5) is 17.1 Å². The first-order chi connectivity index (χ1) is 16.0. The maximum atomic E-state index is 13.7. The number of nitrogens with zero attached hydrogens (tertiary/aromatic N) is 2. The number of aromatic nitrogens is 1. The standard InChI is InChI=1S/C27H25N3O3/c1-15-8-4-7-11-20(15)28-21-12-22(30-13-16(2)32-17(3)14-30)25-24-23(21)26(31)18-9-5-6-10-19(18)27(24)33-29-25/h4-12,16-17,28H,13-14H2,1-3H3/t16-,17+. The highest BCUT2D eigenvalue weighted by molar-refractivity contribution is 6.28. The Morgan fingerprint density at radius 2 is 1.67 bits per heavy atom. The molecule has 0 saturated carbocycles. The molecule has 1 saturated heterocycles. The first-order valence-corrected chi connectivity index (χ1v) is 11.3. The molecule has 2 atom stereocenters. The van der Waals surface area contributed by atoms with Gasteiger partial charge in [0.1, 0.15) is 5.52 Å². The van der Waals surface area contributed by atoms with E-state index in [1.54, 1.807) is 0 Å². The number of carbonyl (C=O) groups excluding carboxylic acids is 1. The smallest absolute Gasteiger partial charge is 0.196 e. The lowest BCUT2D eigenvalue weighted by Crippen LogP contribution is -2.45. The first kappa shape index (κ1) is 20.0. The summed E-state index contributed by atoms with van der Waals surface area (Å²) >= 11 is 0. The summed E-state index contributed by atoms with van der Waals surface area (Å²) in [4.78, 5) is 16.0. The van der Waals surface area contributed by atoms with E-state index in [-0.39, 0.29) is 18.0 Å². The number of para-hydroxylation sites is 1. The Bertz CT molecular complexity index is 1400. The third kappa shape index (κ3) is 3.13. The predicted molar refractivity (Wildman–Crippen MR) is 130 cm³/mol. The van der Waals surface area contributed by atoms with Crippen molar-refractivity contribution in [2.24, 2.45) is 0 Å². The maximum absolute atomic E-state index is 13.7. The van der Waals surface area contributed by atoms with E-state index >= 15 is 0 Å². The van der Waals surface area contributed by atoms with Gasteiger partial charge in [-0.25, -0.2) is 0 Å². The van der Waals surface area contributed by atoms with E-state index in [4.69, 9.17) is 9.26 Å². The SMILES string of the molecule is Cc1ccccc1Nc1cc(N2C[C@@H](C)O[C@@H](C)C2)c2noc3c2c1C(=O)c1ccccc1-3. The van der Waals surface area contributed by atoms with Crippen LogP contribution in [0.1, 0.15) is 35.3 Å². The van der Waals surface area contributed by atoms with Crippen LogP contribution < -0.4 is 10.2 Å². The topological polar surface area (TPSA) is 67.6 Å². The molecule has 3 aromatic carbocycles. The van der Waals surface area contributed by atoms with E-state index in [0.29, 0.717) is 16.9 Å². The zero-order chi connectivity index (χ0) is 22.7. The average molecular weight is 440 g/mol. The molecule has 6 nitrogen and oxygen atoms in total. The van der Waals surface area contributed by atoms with Crippen molar-refractivity contribution in [3.8, 4) is 11.3 Å². The fourth-order valence-electron chi connectivity index (χ4n) is 5.11. The second-order valence-electron chi connectivity index (χ2n) is 9.03. The minimum Gasteiger partial charge on any atom is -0.372 e. The molecule has 1 N–H and O–H groups in total. The van der Waals surface area contributed by atoms with Gasteiger partial charge in [0.05, 0.1) is 34.5 Å². The highest BCUT2D eigenvalue weighted by Crippen LogP contribution is 2.46. The van der Waals surface area contributed by atoms with E-state index in [0.717, 1.165) is 52.2 Å². The van der Waals surface area contributed by atoms with Crippen LogP contribution in [0, 0.1) is 6.92 Å². The molecule has 0 amide bonds. The normalized spacial score (nSPS) is 19.6. The number of morpholine rings is 1. The molecule has 2 heterocycles. The average Bonchev–Trinajstić information content (AvgIpc) is 3.24. The summed E-state index contributed by atoms with van der Waals surface area (Å²) in [5, 5.41) is 8.80. The predicted octanol–water partition coefficient (Wildman–Crippen LogP) is 5.70. The Balaban J connectivity index is 1.62. The van der Waals surface area contributed by atoms with Crippen LogP contribution in [-0.4, -0.2) is 36.2 Å². The highest BCUT2D eigenvalue weighted by Gasteiger charge is 2.35. The van der Waals surface area contributed by atoms with Crippen LogP contribution in [0.5, 0.6) is 0 Å². The third-order valence-corrected chi connectivity index (χ3v) is 6.55. The van der Waals surface area contributed by atoms with Crippen molar-refractivity contribution < 1.29 is 14.1 Å². The molecule has 166 valence electrons. The van der Waals surface area contributed by atoms with Gasteiger partial charge in [-0.1, -0.05) is 47.6 Å². The largest absolute Gasteiger partial charge is 0.372 e. The molecule has 6 rings (SSSR count). The molecule has 4 aromatic rings. The van der Waals surface area contributed by atoms with Gasteiger partial charge in [0, 0.05) is 29.9 Å². The quantitative estimate of drug-likeness (QED) is 0.389. The molecular weight excluding hydrogens is 414 g/mol. The van der Waals surface area contributed by atoms with Crippen LogP contribution in [0.25, 0.3) is 22.2 Å². The van der Waals surface area contributed by atoms with Gasteiger partial charge >= 0.3 is 0 Å². The molecule has 1 aliphatic heterocycles. The fraction of sp³-hybridized carbons (Fsp3) is 0.259. The van der Waals surface area contributed by atoms with Crippen molar-refractivity contribution in [1.82, 2.24) is 5.16 Å². The number of hydrogen-bond acceptors (Lipinski definition) is 6. The molecule has 1 fully saturated rings. The molecule has 0 spiro atoms. The number of carbonyl (C=O) groups is 1. The van der Waals surface area contributed by atoms with Gasteiger partial charge in [0.2, 0.25) is 0 Å². The summed E-state index contributed by atoms with van der Waals surface area (Å²) in [5.41, 5.74) is 6.55. The van der Waals surface area contributed by atoms with Crippen molar-refractivity contribution in [2.75, 3.05) is 23.3 Å². The number of nitrogens with one attached hydrogen (secondary N) is 1. The van der Waals surface area contributed by atoms with Crippen LogP contribution in [-0.2, 0) is 4.74 Å². The number of fused-ring (bicyclic) bond motifs is 2. The van der Waals surface area contributed by atoms with Crippen molar-refractivity contribution in [3.05, 3.63) is 71.3 Å². The lowest BCUT2D eigenvalue weighted by atomic mass is 9.86. The van der Waals surface area contributed by atoms with Crippen LogP contribution >= 0.6 is 0 Å². The number of benzene rings is 3. The van der Waals surface area contributed by atoms with E-state index in [1.165, 1.54) is 0 Å². The van der Waals surface area contributed by atoms with Gasteiger partial charge < -0.3 is 19.5 Å². The molecule has 1 aliphatic carbocycles. The van der Waals surface area contributed by atoms with Gasteiger partial charge in [-0.2, -0.15) is 0 Å². The second-order valence-corrected chi connectivity index (χ2v) is 9.03. The maximum Gasteiger partial charge on any atom is 0.196 e. The van der Waals surface area contributed by atoms with E-state index in [9.17, 15) is 4.79 Å². The number of rotatable bonds is 3. The molecule has 33 heavy (non-hydrogen) atoms. The van der Waals surface area contributed by atoms with Gasteiger partial charge in [0.15, 0.2) is 11.5 Å². The zero-order valence-corrected chi connectivity index (χ0v) is 18.9. The number of aryl methyl sites for hydroxylation is 1. The molecule has 6 heteroatoms. The van der Waals surface area contributed by atoms with Gasteiger partial charge in [-0.3, -0.25) is 4.79 Å². The van der Waals surface area contributed by atoms with Crippen molar-refractivity contribution in [3.63, 3.8) is 0 Å². The summed E-state index contributed by atoms with van der Waals surface area (Å²) in [6.45, 7) is 7.71. The zero-order valence-electron chi connectivity index (χ0n) is 18.9. The Morgan fingerprint density at radius 1 is 0.970 bits per heavy atom. The molecule has 0 bridgehead atoms. The number of anilines is 3. The minimum atomic E-state index is -0.0161. The van der Waals surface area contributed by atoms with Crippen LogP contribution in [0.3, 0.4) is 0 Å². The summed E-state index contributed by atoms with van der Waals surface area (Å²) < 4.78 is 11.9. The fourth-order valence-corrected chi connectivity index (χ4v) is 5.11. The lowest BCUT2D eigenvalue weighted by molar-refractivity contribution is -0.00515. The summed E-state index contributed by atoms with van der Waals surface area (Å²) in [7, 11) is 0. The van der Waals surface area contributed by atoms with Crippen LogP contribution in [0.2, 0.25) is 0 Å². The van der Waals surface area contributed by atoms with Crippen molar-refractivity contribution in [1.29, 1.82) is 0 Å². The number of ketones is 1. The van der Waals surface area contributed by atoms with Crippen molar-refractivity contribution in [2.45, 2.75) is 33.0 Å². The van der Waals surface area contributed by atoms with E-state index in [1.807, 2.05) is 48.5 Å². The third-order valence-electron chi connectivity index (χ3n) is 6.55. The van der Waals surface area contributed by atoms with Gasteiger partial charge in [-0.15, -0.1) is 0 Å². The summed E-state index contributed by atoms with van der Waals surface area (Å²) in [5.74, 6) is 0.636. The molecule has 0 unspecified atom stereocenters. The highest BCUT2D eigenvalue weighted by atomic mass is 16.5. The number of hydrogen-bond donors (Lipinski definition) is 1. The van der Waals surface area contributed by atoms with Crippen LogP contribution in [0.15, 0.2) is 59.1 Å². The summed E-state index contributed by atoms with van der Waals surface area (Å²) in [6.07, 6.45) is 0.191. The van der Waals surface area contributed by atoms with Gasteiger partial charge in [-0.05, 0) is 38.5 Å². The van der Waals surface area contributed by atoms with Gasteiger partial charge in [0.25, 0.3) is 0 Å². The number of ether oxygens (including phenoxy) is 1. The van der Waals surface area contributed by atoms with Crippen molar-refractivity contribution >= 4 is 33.7 Å². The second kappa shape index (κ2) is 7.46. The monoisotopic (exact) mass is 439 g/mol. The Labute approximate surface area is 192 Å². The Kier molecular flexibility index (Phi) is 4.52. The molecule has 0 radical (unpaired) electrons. The molecule has 2 aliphatic rings. The molecule has 1 aromatic heterocycles. The van der Waals surface area contributed by atoms with E-state index < -0.39 is 0 Å². The minimum absolute atomic E-state index is 0.0161. The summed E-state index contributed by atoms with van der Waals surface area (Å²) in [6, 6.07) is 17.7. The molecular formula is C27H25N3O3.